The van der Waals surface area contributed by atoms with Gasteiger partial charge in [0.1, 0.15) is 5.82 Å². The molecule has 1 fully saturated rings. The first kappa shape index (κ1) is 14.4. The smallest absolute Gasteiger partial charge is 0.131 e. The van der Waals surface area contributed by atoms with E-state index in [1.807, 2.05) is 0 Å². The standard InChI is InChI=1S/C16H27N3/c1-4-10-17-11-15-12(2)18-16(19-13(15)3)14-8-6-5-7-9-14/h14,17H,4-11H2,1-3H3. The van der Waals surface area contributed by atoms with Gasteiger partial charge in [0.2, 0.25) is 0 Å². The first-order valence-electron chi connectivity index (χ1n) is 7.77. The lowest BCUT2D eigenvalue weighted by atomic mass is 9.88. The summed E-state index contributed by atoms with van der Waals surface area (Å²) < 4.78 is 0. The van der Waals surface area contributed by atoms with Crippen molar-refractivity contribution >= 4 is 0 Å². The zero-order chi connectivity index (χ0) is 13.7. The molecule has 0 amide bonds. The van der Waals surface area contributed by atoms with Crippen LogP contribution < -0.4 is 5.32 Å². The van der Waals surface area contributed by atoms with Crippen molar-refractivity contribution in [3.63, 3.8) is 0 Å². The molecular formula is C16H27N3. The van der Waals surface area contributed by atoms with E-state index in [1.54, 1.807) is 0 Å². The molecule has 0 radical (unpaired) electrons. The van der Waals surface area contributed by atoms with Gasteiger partial charge in [-0.25, -0.2) is 9.97 Å². The maximum absolute atomic E-state index is 4.79. The number of aromatic nitrogens is 2. The maximum Gasteiger partial charge on any atom is 0.131 e. The Labute approximate surface area is 117 Å². The Morgan fingerprint density at radius 3 is 2.26 bits per heavy atom. The van der Waals surface area contributed by atoms with Gasteiger partial charge in [0.05, 0.1) is 0 Å². The Kier molecular flexibility index (Phi) is 5.32. The molecule has 1 heterocycles. The third-order valence-electron chi connectivity index (χ3n) is 4.14. The van der Waals surface area contributed by atoms with Crippen LogP contribution in [0.15, 0.2) is 0 Å². The van der Waals surface area contributed by atoms with E-state index in [9.17, 15) is 0 Å². The average molecular weight is 261 g/mol. The number of hydrogen-bond acceptors (Lipinski definition) is 3. The highest BCUT2D eigenvalue weighted by Crippen LogP contribution is 2.31. The van der Waals surface area contributed by atoms with Crippen LogP contribution in [0.2, 0.25) is 0 Å². The van der Waals surface area contributed by atoms with Crippen LogP contribution in [0.5, 0.6) is 0 Å². The van der Waals surface area contributed by atoms with E-state index >= 15 is 0 Å². The Morgan fingerprint density at radius 1 is 1.05 bits per heavy atom. The van der Waals surface area contributed by atoms with Gasteiger partial charge in [-0.3, -0.25) is 0 Å². The van der Waals surface area contributed by atoms with E-state index in [0.717, 1.165) is 30.3 Å². The van der Waals surface area contributed by atoms with E-state index < -0.39 is 0 Å². The zero-order valence-corrected chi connectivity index (χ0v) is 12.6. The predicted octanol–water partition coefficient (Wildman–Crippen LogP) is 3.64. The van der Waals surface area contributed by atoms with Crippen molar-refractivity contribution in [2.75, 3.05) is 6.54 Å². The molecule has 0 aliphatic heterocycles. The second kappa shape index (κ2) is 6.99. The van der Waals surface area contributed by atoms with E-state index in [-0.39, 0.29) is 0 Å². The van der Waals surface area contributed by atoms with Gasteiger partial charge in [0, 0.05) is 29.4 Å². The lowest BCUT2D eigenvalue weighted by molar-refractivity contribution is 0.426. The van der Waals surface area contributed by atoms with Gasteiger partial charge in [0.25, 0.3) is 0 Å². The summed E-state index contributed by atoms with van der Waals surface area (Å²) in [4.78, 5) is 9.57. The van der Waals surface area contributed by atoms with Gasteiger partial charge in [-0.2, -0.15) is 0 Å². The number of rotatable bonds is 5. The van der Waals surface area contributed by atoms with Crippen LogP contribution in [0, 0.1) is 13.8 Å². The Hall–Kier alpha value is -0.960. The molecule has 0 bridgehead atoms. The third-order valence-corrected chi connectivity index (χ3v) is 4.14. The first-order chi connectivity index (χ1) is 9.22. The maximum atomic E-state index is 4.79. The molecule has 3 heteroatoms. The van der Waals surface area contributed by atoms with Crippen molar-refractivity contribution in [1.29, 1.82) is 0 Å². The highest BCUT2D eigenvalue weighted by molar-refractivity contribution is 5.25. The second-order valence-electron chi connectivity index (χ2n) is 5.74. The van der Waals surface area contributed by atoms with Gasteiger partial charge in [-0.1, -0.05) is 26.2 Å². The SMILES string of the molecule is CCCNCc1c(C)nc(C2CCCCC2)nc1C. The van der Waals surface area contributed by atoms with Crippen molar-refractivity contribution < 1.29 is 0 Å². The second-order valence-corrected chi connectivity index (χ2v) is 5.74. The predicted molar refractivity (Wildman–Crippen MR) is 79.3 cm³/mol. The molecular weight excluding hydrogens is 234 g/mol. The Morgan fingerprint density at radius 2 is 1.68 bits per heavy atom. The molecule has 0 saturated heterocycles. The van der Waals surface area contributed by atoms with Crippen LogP contribution in [-0.2, 0) is 6.54 Å². The van der Waals surface area contributed by atoms with E-state index in [2.05, 4.69) is 26.1 Å². The number of nitrogens with one attached hydrogen (secondary N) is 1. The van der Waals surface area contributed by atoms with Gasteiger partial charge >= 0.3 is 0 Å². The van der Waals surface area contributed by atoms with Crippen LogP contribution in [0.25, 0.3) is 0 Å². The fourth-order valence-electron chi connectivity index (χ4n) is 2.95. The fourth-order valence-corrected chi connectivity index (χ4v) is 2.95. The third kappa shape index (κ3) is 3.75. The fraction of sp³-hybridized carbons (Fsp3) is 0.750. The molecule has 0 unspecified atom stereocenters. The highest BCUT2D eigenvalue weighted by atomic mass is 14.9. The van der Waals surface area contributed by atoms with Crippen molar-refractivity contribution in [3.05, 3.63) is 22.8 Å². The summed E-state index contributed by atoms with van der Waals surface area (Å²) in [6.45, 7) is 8.41. The summed E-state index contributed by atoms with van der Waals surface area (Å²) in [7, 11) is 0. The molecule has 0 aromatic carbocycles. The molecule has 1 aromatic heterocycles. The molecule has 1 aromatic rings. The van der Waals surface area contributed by atoms with Crippen molar-refractivity contribution in [3.8, 4) is 0 Å². The summed E-state index contributed by atoms with van der Waals surface area (Å²) in [5.41, 5.74) is 3.61. The summed E-state index contributed by atoms with van der Waals surface area (Å²) in [6, 6.07) is 0. The molecule has 1 N–H and O–H groups in total. The number of nitrogens with zero attached hydrogens (tertiary/aromatic N) is 2. The molecule has 0 spiro atoms. The monoisotopic (exact) mass is 261 g/mol. The summed E-state index contributed by atoms with van der Waals surface area (Å²) in [5.74, 6) is 1.69. The van der Waals surface area contributed by atoms with Gasteiger partial charge in [-0.05, 0) is 39.7 Å². The lowest BCUT2D eigenvalue weighted by Gasteiger charge is -2.21. The van der Waals surface area contributed by atoms with Crippen molar-refractivity contribution in [2.24, 2.45) is 0 Å². The van der Waals surface area contributed by atoms with E-state index in [0.29, 0.717) is 5.92 Å². The van der Waals surface area contributed by atoms with Crippen LogP contribution in [0.1, 0.15) is 74.1 Å². The molecule has 3 nitrogen and oxygen atoms in total. The van der Waals surface area contributed by atoms with Crippen LogP contribution >= 0.6 is 0 Å². The molecule has 1 aliphatic carbocycles. The Balaban J connectivity index is 2.11. The van der Waals surface area contributed by atoms with Gasteiger partial charge < -0.3 is 5.32 Å². The number of aryl methyl sites for hydroxylation is 2. The van der Waals surface area contributed by atoms with Crippen LogP contribution in [0.3, 0.4) is 0 Å². The van der Waals surface area contributed by atoms with Crippen molar-refractivity contribution in [2.45, 2.75) is 71.8 Å². The first-order valence-corrected chi connectivity index (χ1v) is 7.77. The Bertz CT molecular complexity index is 385. The lowest BCUT2D eigenvalue weighted by Crippen LogP contribution is -2.18. The summed E-state index contributed by atoms with van der Waals surface area (Å²) in [5, 5.41) is 3.45. The average Bonchev–Trinajstić information content (AvgIpc) is 2.43. The molecule has 106 valence electrons. The molecule has 2 rings (SSSR count). The summed E-state index contributed by atoms with van der Waals surface area (Å²) in [6.07, 6.45) is 7.77. The number of hydrogen-bond donors (Lipinski definition) is 1. The van der Waals surface area contributed by atoms with Gasteiger partial charge in [0.15, 0.2) is 0 Å². The summed E-state index contributed by atoms with van der Waals surface area (Å²) >= 11 is 0. The molecule has 0 atom stereocenters. The van der Waals surface area contributed by atoms with Crippen molar-refractivity contribution in [1.82, 2.24) is 15.3 Å². The molecule has 19 heavy (non-hydrogen) atoms. The quantitative estimate of drug-likeness (QED) is 0.822. The minimum Gasteiger partial charge on any atom is -0.313 e. The largest absolute Gasteiger partial charge is 0.313 e. The normalized spacial score (nSPS) is 16.8. The van der Waals surface area contributed by atoms with E-state index in [1.165, 1.54) is 44.1 Å². The molecule has 1 aliphatic rings. The highest BCUT2D eigenvalue weighted by Gasteiger charge is 2.19. The molecule has 1 saturated carbocycles. The van der Waals surface area contributed by atoms with E-state index in [4.69, 9.17) is 9.97 Å². The van der Waals surface area contributed by atoms with Crippen LogP contribution in [0.4, 0.5) is 0 Å². The minimum atomic E-state index is 0.601. The van der Waals surface area contributed by atoms with Gasteiger partial charge in [-0.15, -0.1) is 0 Å². The topological polar surface area (TPSA) is 37.8 Å². The zero-order valence-electron chi connectivity index (χ0n) is 12.6. The van der Waals surface area contributed by atoms with Crippen LogP contribution in [-0.4, -0.2) is 16.5 Å². The minimum absolute atomic E-state index is 0.601.